The second-order valence-electron chi connectivity index (χ2n) is 15.3. The van der Waals surface area contributed by atoms with Crippen LogP contribution in [0.1, 0.15) is 149 Å². The summed E-state index contributed by atoms with van der Waals surface area (Å²) in [5.74, 6) is -1.20. The highest BCUT2D eigenvalue weighted by Gasteiger charge is 2.51. The second kappa shape index (κ2) is 35.0. The van der Waals surface area contributed by atoms with Crippen LogP contribution in [0.4, 0.5) is 0 Å². The highest BCUT2D eigenvalue weighted by Crippen LogP contribution is 2.47. The summed E-state index contributed by atoms with van der Waals surface area (Å²) in [6.45, 7) is 2.93. The minimum absolute atomic E-state index is 0.00362. The van der Waals surface area contributed by atoms with Crippen molar-refractivity contribution in [2.24, 2.45) is 0 Å². The van der Waals surface area contributed by atoms with Gasteiger partial charge in [0.05, 0.1) is 12.7 Å². The molecule has 1 aliphatic rings. The summed E-state index contributed by atoms with van der Waals surface area (Å²) in [4.78, 5) is 35.6. The summed E-state index contributed by atoms with van der Waals surface area (Å²) in [6, 6.07) is 0. The molecule has 0 aromatic rings. The molecule has 7 atom stereocenters. The first-order valence-electron chi connectivity index (χ1n) is 22.2. The van der Waals surface area contributed by atoms with Crippen molar-refractivity contribution in [1.29, 1.82) is 0 Å². The van der Waals surface area contributed by atoms with Crippen molar-refractivity contribution in [2.45, 2.75) is 198 Å². The summed E-state index contributed by atoms with van der Waals surface area (Å²) in [5, 5.41) is 59.6. The molecular formula is C45H77O14P. The van der Waals surface area contributed by atoms with E-state index in [1.54, 1.807) is 0 Å². The molecule has 1 fully saturated rings. The van der Waals surface area contributed by atoms with E-state index in [0.717, 1.165) is 77.0 Å². The van der Waals surface area contributed by atoms with E-state index >= 15 is 0 Å². The Kier molecular flexibility index (Phi) is 32.4. The van der Waals surface area contributed by atoms with Gasteiger partial charge in [-0.05, 0) is 83.5 Å². The van der Waals surface area contributed by atoms with E-state index in [2.05, 4.69) is 49.5 Å². The molecule has 0 aliphatic heterocycles. The predicted octanol–water partition coefficient (Wildman–Crippen LogP) is 7.14. The van der Waals surface area contributed by atoms with Crippen LogP contribution in [0.25, 0.3) is 0 Å². The predicted molar refractivity (Wildman–Crippen MR) is 232 cm³/mol. The standard InChI is InChI=1S/C45H77O14P/c1-3-5-6-7-8-9-10-13-17-20-23-26-29-32-38(47)56-34-37(35-57-60(54,55)59-45-43(52)41(50)40(49)42(51)44(45)53)58-39(48)33-30-27-24-21-18-15-12-11-14-16-19-22-25-28-31-36(46)4-2/h9-10,12,14-16,21-22,24-25,36-37,40-46,49-53H,3-8,11,13,17-20,23,26-35H2,1-2H3,(H,54,55). The molecule has 0 amide bonds. The number of rotatable bonds is 35. The average Bonchev–Trinajstić information content (AvgIpc) is 3.23. The molecule has 0 radical (unpaired) electrons. The topological polar surface area (TPSA) is 230 Å². The highest BCUT2D eigenvalue weighted by molar-refractivity contribution is 7.47. The fourth-order valence-corrected chi connectivity index (χ4v) is 7.17. The van der Waals surface area contributed by atoms with Crippen LogP contribution in [-0.2, 0) is 32.7 Å². The number of carbonyl (C=O) groups excluding carboxylic acids is 2. The van der Waals surface area contributed by atoms with Crippen LogP contribution < -0.4 is 0 Å². The maximum atomic E-state index is 12.8. The first-order valence-corrected chi connectivity index (χ1v) is 23.7. The fraction of sp³-hybridized carbons (Fsp3) is 0.733. The SMILES string of the molecule is CCCCCCC=CCCCCCCCC(=O)OCC(COP(=O)(O)OC1C(O)C(O)C(O)C(O)C1O)OC(=O)CCCC=CCC=CCC=CCC=CCCC(O)CC. The molecule has 60 heavy (non-hydrogen) atoms. The lowest BCUT2D eigenvalue weighted by Crippen LogP contribution is -2.64. The summed E-state index contributed by atoms with van der Waals surface area (Å²) < 4.78 is 33.4. The third-order valence-electron chi connectivity index (χ3n) is 10.00. The molecule has 15 heteroatoms. The third-order valence-corrected chi connectivity index (χ3v) is 11.0. The average molecular weight is 873 g/mol. The Morgan fingerprint density at radius 1 is 0.583 bits per heavy atom. The molecule has 7 N–H and O–H groups in total. The van der Waals surface area contributed by atoms with Crippen molar-refractivity contribution in [1.82, 2.24) is 0 Å². The number of phosphoric ester groups is 1. The van der Waals surface area contributed by atoms with E-state index in [4.69, 9.17) is 18.5 Å². The minimum Gasteiger partial charge on any atom is -0.462 e. The number of hydrogen-bond donors (Lipinski definition) is 7. The van der Waals surface area contributed by atoms with Gasteiger partial charge in [0.15, 0.2) is 6.10 Å². The number of carbonyl (C=O) groups is 2. The molecule has 0 saturated heterocycles. The van der Waals surface area contributed by atoms with Gasteiger partial charge in [-0.2, -0.15) is 0 Å². The molecule has 1 saturated carbocycles. The first kappa shape index (κ1) is 55.5. The smallest absolute Gasteiger partial charge is 0.462 e. The molecular weight excluding hydrogens is 795 g/mol. The van der Waals surface area contributed by atoms with Gasteiger partial charge in [0, 0.05) is 12.8 Å². The third kappa shape index (κ3) is 27.5. The van der Waals surface area contributed by atoms with Crippen LogP contribution in [0.3, 0.4) is 0 Å². The normalized spacial score (nSPS) is 23.3. The van der Waals surface area contributed by atoms with Gasteiger partial charge >= 0.3 is 19.8 Å². The highest BCUT2D eigenvalue weighted by atomic mass is 31.2. The van der Waals surface area contributed by atoms with Crippen LogP contribution in [0, 0.1) is 0 Å². The Bertz CT molecular complexity index is 1300. The minimum atomic E-state index is -5.14. The molecule has 0 bridgehead atoms. The van der Waals surface area contributed by atoms with E-state index in [0.29, 0.717) is 19.3 Å². The first-order chi connectivity index (χ1) is 28.8. The van der Waals surface area contributed by atoms with E-state index < -0.39 is 75.7 Å². The Hall–Kier alpha value is -2.49. The summed E-state index contributed by atoms with van der Waals surface area (Å²) in [7, 11) is -5.14. The fourth-order valence-electron chi connectivity index (χ4n) is 6.19. The van der Waals surface area contributed by atoms with E-state index in [9.17, 15) is 49.7 Å². The molecule has 0 spiro atoms. The number of unbranched alkanes of at least 4 members (excludes halogenated alkanes) is 10. The van der Waals surface area contributed by atoms with E-state index in [1.807, 2.05) is 25.2 Å². The lowest BCUT2D eigenvalue weighted by molar-refractivity contribution is -0.220. The van der Waals surface area contributed by atoms with Gasteiger partial charge in [-0.25, -0.2) is 4.57 Å². The summed E-state index contributed by atoms with van der Waals surface area (Å²) in [6.07, 6.45) is 25.1. The molecule has 1 rings (SSSR count). The van der Waals surface area contributed by atoms with Crippen molar-refractivity contribution < 1.29 is 68.2 Å². The zero-order valence-electron chi connectivity index (χ0n) is 36.1. The molecule has 346 valence electrons. The van der Waals surface area contributed by atoms with Gasteiger partial charge in [0.2, 0.25) is 0 Å². The van der Waals surface area contributed by atoms with Crippen LogP contribution in [0.2, 0.25) is 0 Å². The zero-order chi connectivity index (χ0) is 44.4. The maximum Gasteiger partial charge on any atom is 0.472 e. The Balaban J connectivity index is 2.54. The van der Waals surface area contributed by atoms with Gasteiger partial charge in [-0.3, -0.25) is 18.6 Å². The lowest BCUT2D eigenvalue weighted by Gasteiger charge is -2.41. The van der Waals surface area contributed by atoms with E-state index in [1.165, 1.54) is 25.7 Å². The number of phosphoric acid groups is 1. The largest absolute Gasteiger partial charge is 0.472 e. The van der Waals surface area contributed by atoms with Crippen molar-refractivity contribution in [3.63, 3.8) is 0 Å². The molecule has 0 heterocycles. The van der Waals surface area contributed by atoms with Crippen LogP contribution in [0.5, 0.6) is 0 Å². The van der Waals surface area contributed by atoms with Crippen LogP contribution in [0.15, 0.2) is 60.8 Å². The van der Waals surface area contributed by atoms with Crippen LogP contribution >= 0.6 is 7.82 Å². The molecule has 0 aromatic heterocycles. The van der Waals surface area contributed by atoms with Gasteiger partial charge in [-0.15, -0.1) is 0 Å². The Morgan fingerprint density at radius 2 is 1.05 bits per heavy atom. The number of aliphatic hydroxyl groups is 6. The molecule has 0 aromatic carbocycles. The van der Waals surface area contributed by atoms with E-state index in [-0.39, 0.29) is 18.9 Å². The van der Waals surface area contributed by atoms with Gasteiger partial charge < -0.3 is 45.0 Å². The molecule has 1 aliphatic carbocycles. The number of allylic oxidation sites excluding steroid dienone is 10. The van der Waals surface area contributed by atoms with Gasteiger partial charge in [0.25, 0.3) is 0 Å². The van der Waals surface area contributed by atoms with Crippen molar-refractivity contribution in [3.8, 4) is 0 Å². The second-order valence-corrected chi connectivity index (χ2v) is 16.7. The zero-order valence-corrected chi connectivity index (χ0v) is 37.0. The van der Waals surface area contributed by atoms with Crippen molar-refractivity contribution >= 4 is 19.8 Å². The monoisotopic (exact) mass is 873 g/mol. The van der Waals surface area contributed by atoms with Crippen molar-refractivity contribution in [3.05, 3.63) is 60.8 Å². The number of ether oxygens (including phenoxy) is 2. The maximum absolute atomic E-state index is 12.8. The quantitative estimate of drug-likeness (QED) is 0.0145. The summed E-state index contributed by atoms with van der Waals surface area (Å²) in [5.41, 5.74) is 0. The van der Waals surface area contributed by atoms with Gasteiger partial charge in [0.1, 0.15) is 43.2 Å². The molecule has 14 nitrogen and oxygen atoms in total. The lowest BCUT2D eigenvalue weighted by atomic mass is 9.85. The number of esters is 2. The van der Waals surface area contributed by atoms with Crippen LogP contribution in [-0.4, -0.2) is 110 Å². The number of hydrogen-bond acceptors (Lipinski definition) is 13. The molecule has 7 unspecified atom stereocenters. The Labute approximate surface area is 358 Å². The number of aliphatic hydroxyl groups excluding tert-OH is 6. The van der Waals surface area contributed by atoms with Crippen molar-refractivity contribution in [2.75, 3.05) is 13.2 Å². The summed E-state index contributed by atoms with van der Waals surface area (Å²) >= 11 is 0. The van der Waals surface area contributed by atoms with Gasteiger partial charge in [-0.1, -0.05) is 113 Å². The Morgan fingerprint density at radius 3 is 1.63 bits per heavy atom.